The molecule has 2 aliphatic rings. The zero-order valence-corrected chi connectivity index (χ0v) is 45.0. The number of rotatable bonds is 6. The predicted molar refractivity (Wildman–Crippen MR) is 319 cm³/mol. The first-order valence-electron chi connectivity index (χ1n) is 26.9. The summed E-state index contributed by atoms with van der Waals surface area (Å²) in [6.45, 7) is 20.7. The molecule has 372 valence electrons. The van der Waals surface area contributed by atoms with Crippen molar-refractivity contribution in [2.75, 3.05) is 4.90 Å². The molecule has 3 heterocycles. The molecule has 2 aliphatic heterocycles. The molecule has 0 saturated heterocycles. The molecule has 0 saturated carbocycles. The van der Waals surface area contributed by atoms with E-state index in [1.54, 1.807) is 0 Å². The third-order valence-electron chi connectivity index (χ3n) is 16.0. The van der Waals surface area contributed by atoms with E-state index < -0.39 is 0 Å². The summed E-state index contributed by atoms with van der Waals surface area (Å²) in [6, 6.07) is 78.6. The lowest BCUT2D eigenvalue weighted by atomic mass is 9.75. The molecule has 0 N–H and O–H groups in total. The second kappa shape index (κ2) is 17.6. The molecule has 0 amide bonds. The number of hydrogen-bond acceptors (Lipinski definition) is 3. The van der Waals surface area contributed by atoms with Crippen LogP contribution in [0.2, 0.25) is 0 Å². The summed E-state index contributed by atoms with van der Waals surface area (Å²) >= 11 is 0. The second-order valence-corrected chi connectivity index (χ2v) is 24.2. The SMILES string of the molecule is CC(C)(C)c1ccc(-c2ccc3c(c2)N(c2c(-c4ccccc4)cc4c(oc5ccccc54)c2-c2ccccc2)c2cc(-c4ccccc4)cc4c2C3c2cc(-c3cc(C(C)(C)C)cc(C(C)(C)C)c3)ccc2O4)cc1. The van der Waals surface area contributed by atoms with Crippen LogP contribution in [0.25, 0.3) is 77.6 Å². The fourth-order valence-corrected chi connectivity index (χ4v) is 11.8. The quantitative estimate of drug-likeness (QED) is 0.166. The van der Waals surface area contributed by atoms with Gasteiger partial charge in [0.1, 0.15) is 22.7 Å². The number of para-hydroxylation sites is 1. The van der Waals surface area contributed by atoms with Gasteiger partial charge >= 0.3 is 0 Å². The molecule has 11 aromatic rings. The van der Waals surface area contributed by atoms with Crippen molar-refractivity contribution in [1.82, 2.24) is 0 Å². The van der Waals surface area contributed by atoms with E-state index in [1.807, 2.05) is 0 Å². The molecule has 0 spiro atoms. The zero-order valence-electron chi connectivity index (χ0n) is 45.0. The summed E-state index contributed by atoms with van der Waals surface area (Å²) in [7, 11) is 0. The van der Waals surface area contributed by atoms with E-state index in [-0.39, 0.29) is 22.2 Å². The lowest BCUT2D eigenvalue weighted by molar-refractivity contribution is 0.453. The van der Waals surface area contributed by atoms with Crippen molar-refractivity contribution >= 4 is 39.0 Å². The molecule has 0 fully saturated rings. The average Bonchev–Trinajstić information content (AvgIpc) is 3.94. The minimum Gasteiger partial charge on any atom is -0.457 e. The third kappa shape index (κ3) is 8.03. The van der Waals surface area contributed by atoms with Gasteiger partial charge in [0.05, 0.1) is 17.1 Å². The molecule has 10 aromatic carbocycles. The Morgan fingerprint density at radius 1 is 0.368 bits per heavy atom. The number of fused-ring (bicyclic) bond motifs is 7. The van der Waals surface area contributed by atoms with Gasteiger partial charge in [-0.05, 0) is 125 Å². The zero-order chi connectivity index (χ0) is 52.3. The molecule has 0 radical (unpaired) electrons. The smallest absolute Gasteiger partial charge is 0.145 e. The highest BCUT2D eigenvalue weighted by atomic mass is 16.5. The van der Waals surface area contributed by atoms with Crippen LogP contribution in [0.5, 0.6) is 11.5 Å². The fourth-order valence-electron chi connectivity index (χ4n) is 11.8. The number of ether oxygens (including phenoxy) is 1. The number of furan rings is 1. The maximum Gasteiger partial charge on any atom is 0.145 e. The van der Waals surface area contributed by atoms with E-state index >= 15 is 0 Å². The van der Waals surface area contributed by atoms with Crippen LogP contribution < -0.4 is 9.64 Å². The van der Waals surface area contributed by atoms with Gasteiger partial charge < -0.3 is 14.1 Å². The van der Waals surface area contributed by atoms with Crippen LogP contribution >= 0.6 is 0 Å². The Morgan fingerprint density at radius 3 is 1.57 bits per heavy atom. The summed E-state index contributed by atoms with van der Waals surface area (Å²) in [6.07, 6.45) is 0. The molecular weight excluding hydrogens is 923 g/mol. The molecule has 76 heavy (non-hydrogen) atoms. The Kier molecular flexibility index (Phi) is 11.0. The maximum absolute atomic E-state index is 7.36. The maximum atomic E-state index is 7.36. The number of hydrogen-bond donors (Lipinski definition) is 0. The number of benzene rings is 10. The van der Waals surface area contributed by atoms with Crippen LogP contribution in [-0.4, -0.2) is 0 Å². The predicted octanol–water partition coefficient (Wildman–Crippen LogP) is 20.9. The summed E-state index contributed by atoms with van der Waals surface area (Å²) in [5.74, 6) is 1.57. The molecule has 0 bridgehead atoms. The Labute approximate surface area is 448 Å². The number of anilines is 3. The summed E-state index contributed by atoms with van der Waals surface area (Å²) in [5.41, 5.74) is 23.6. The van der Waals surface area contributed by atoms with Gasteiger partial charge in [-0.2, -0.15) is 0 Å². The average molecular weight is 986 g/mol. The van der Waals surface area contributed by atoms with Gasteiger partial charge in [0.15, 0.2) is 0 Å². The second-order valence-electron chi connectivity index (χ2n) is 24.2. The lowest BCUT2D eigenvalue weighted by Crippen LogP contribution is -2.26. The van der Waals surface area contributed by atoms with Crippen molar-refractivity contribution in [3.63, 3.8) is 0 Å². The molecule has 3 nitrogen and oxygen atoms in total. The van der Waals surface area contributed by atoms with E-state index in [2.05, 4.69) is 280 Å². The standard InChI is InChI=1S/C73H63NO2/c1-71(2,3)53-33-29-46(30-34-53)50-31-35-57-61(40-50)74(69-58(47-23-15-11-16-24-47)44-59-56-27-19-20-28-63(56)76-70(59)66(69)48-25-17-12-18-26-48)62-41-52(45-21-13-10-14-22-45)42-65-68(62)67(57)60-39-49(32-36-64(60)75-65)51-37-54(72(4,5)6)43-55(38-51)73(7,8)9/h10-44,67H,1-9H3. The van der Waals surface area contributed by atoms with Gasteiger partial charge in [0.25, 0.3) is 0 Å². The molecule has 0 aliphatic carbocycles. The van der Waals surface area contributed by atoms with Crippen molar-refractivity contribution in [2.24, 2.45) is 0 Å². The van der Waals surface area contributed by atoms with Crippen LogP contribution in [0.1, 0.15) is 102 Å². The van der Waals surface area contributed by atoms with E-state index in [4.69, 9.17) is 9.15 Å². The summed E-state index contributed by atoms with van der Waals surface area (Å²) in [5, 5.41) is 2.17. The van der Waals surface area contributed by atoms with Gasteiger partial charge in [-0.25, -0.2) is 0 Å². The lowest BCUT2D eigenvalue weighted by Gasteiger charge is -2.43. The molecule has 1 unspecified atom stereocenters. The van der Waals surface area contributed by atoms with Gasteiger partial charge in [-0.15, -0.1) is 0 Å². The summed E-state index contributed by atoms with van der Waals surface area (Å²) in [4.78, 5) is 2.57. The van der Waals surface area contributed by atoms with E-state index in [0.717, 1.165) is 101 Å². The molecule has 1 aromatic heterocycles. The summed E-state index contributed by atoms with van der Waals surface area (Å²) < 4.78 is 14.5. The molecule has 13 rings (SSSR count). The normalized spacial score (nSPS) is 14.1. The van der Waals surface area contributed by atoms with E-state index in [1.165, 1.54) is 38.9 Å². The van der Waals surface area contributed by atoms with E-state index in [0.29, 0.717) is 0 Å². The van der Waals surface area contributed by atoms with Gasteiger partial charge in [-0.3, -0.25) is 0 Å². The first-order valence-corrected chi connectivity index (χ1v) is 26.9. The van der Waals surface area contributed by atoms with Crippen LogP contribution in [0.3, 0.4) is 0 Å². The third-order valence-corrected chi connectivity index (χ3v) is 16.0. The van der Waals surface area contributed by atoms with Crippen molar-refractivity contribution in [3.05, 3.63) is 246 Å². The van der Waals surface area contributed by atoms with Gasteiger partial charge in [0, 0.05) is 38.9 Å². The van der Waals surface area contributed by atoms with Crippen LogP contribution in [0.15, 0.2) is 217 Å². The number of nitrogens with zero attached hydrogens (tertiary/aromatic N) is 1. The van der Waals surface area contributed by atoms with Crippen molar-refractivity contribution < 1.29 is 9.15 Å². The largest absolute Gasteiger partial charge is 0.457 e. The monoisotopic (exact) mass is 985 g/mol. The first kappa shape index (κ1) is 47.3. The molecule has 1 atom stereocenters. The topological polar surface area (TPSA) is 25.6 Å². The highest BCUT2D eigenvalue weighted by Crippen LogP contribution is 2.63. The van der Waals surface area contributed by atoms with Crippen molar-refractivity contribution in [3.8, 4) is 67.1 Å². The molecular formula is C73H63NO2. The minimum absolute atomic E-state index is 0.0255. The van der Waals surface area contributed by atoms with Gasteiger partial charge in [0.2, 0.25) is 0 Å². The van der Waals surface area contributed by atoms with Gasteiger partial charge in [-0.1, -0.05) is 232 Å². The highest BCUT2D eigenvalue weighted by molar-refractivity contribution is 6.17. The van der Waals surface area contributed by atoms with Crippen LogP contribution in [0.4, 0.5) is 17.1 Å². The Hall–Kier alpha value is -8.40. The Balaban J connectivity index is 1.16. The highest BCUT2D eigenvalue weighted by Gasteiger charge is 2.42. The van der Waals surface area contributed by atoms with E-state index in [9.17, 15) is 0 Å². The molecule has 3 heteroatoms. The van der Waals surface area contributed by atoms with Crippen LogP contribution in [-0.2, 0) is 16.2 Å². The Morgan fingerprint density at radius 2 is 0.908 bits per heavy atom. The Bertz CT molecular complexity index is 4020. The first-order chi connectivity index (χ1) is 36.6. The van der Waals surface area contributed by atoms with Crippen LogP contribution in [0, 0.1) is 0 Å². The fraction of sp³-hybridized carbons (Fsp3) is 0.178. The minimum atomic E-state index is -0.162. The van der Waals surface area contributed by atoms with Crippen molar-refractivity contribution in [1.29, 1.82) is 0 Å². The van der Waals surface area contributed by atoms with Crippen molar-refractivity contribution in [2.45, 2.75) is 84.5 Å².